The molecule has 0 saturated carbocycles. The van der Waals surface area contributed by atoms with Crippen molar-refractivity contribution in [1.82, 2.24) is 0 Å². The van der Waals surface area contributed by atoms with Gasteiger partial charge in [0.1, 0.15) is 10.0 Å². The molecule has 0 amide bonds. The van der Waals surface area contributed by atoms with Gasteiger partial charge >= 0.3 is 17.6 Å². The summed E-state index contributed by atoms with van der Waals surface area (Å²) < 4.78 is 36.9. The quantitative estimate of drug-likeness (QED) is 0.619. The van der Waals surface area contributed by atoms with Crippen LogP contribution in [-0.4, -0.2) is 9.85 Å². The average Bonchev–Trinajstić information content (AvgIpc) is 2.14. The monoisotopic (exact) mass is 314 g/mol. The van der Waals surface area contributed by atoms with Crippen LogP contribution >= 0.6 is 15.9 Å². The zero-order valence-corrected chi connectivity index (χ0v) is 9.28. The summed E-state index contributed by atoms with van der Waals surface area (Å²) in [6.45, 7) is 0. The predicted molar refractivity (Wildman–Crippen MR) is 52.5 cm³/mol. The molecule has 1 aromatic rings. The van der Waals surface area contributed by atoms with Crippen molar-refractivity contribution in [2.75, 3.05) is 0 Å². The van der Waals surface area contributed by atoms with E-state index >= 15 is 0 Å². The molecule has 0 heterocycles. The molecule has 0 N–H and O–H groups in total. The number of rotatable bonds is 2. The van der Waals surface area contributed by atoms with Gasteiger partial charge in [0.2, 0.25) is 0 Å². The van der Waals surface area contributed by atoms with E-state index in [9.17, 15) is 33.4 Å². The summed E-state index contributed by atoms with van der Waals surface area (Å²) in [5, 5.41) is 21.1. The highest BCUT2D eigenvalue weighted by Crippen LogP contribution is 2.44. The van der Waals surface area contributed by atoms with Crippen LogP contribution in [0.5, 0.6) is 0 Å². The molecular weight excluding hydrogens is 313 g/mol. The van der Waals surface area contributed by atoms with Crippen LogP contribution in [0.3, 0.4) is 0 Å². The molecule has 6 nitrogen and oxygen atoms in total. The fourth-order valence-corrected chi connectivity index (χ4v) is 1.61. The van der Waals surface area contributed by atoms with Crippen LogP contribution in [0.2, 0.25) is 0 Å². The Bertz CT molecular complexity index is 503. The fourth-order valence-electron chi connectivity index (χ4n) is 1.14. The second kappa shape index (κ2) is 4.28. The first-order valence-corrected chi connectivity index (χ1v) is 4.64. The number of benzene rings is 1. The fraction of sp³-hybridized carbons (Fsp3) is 0.143. The lowest BCUT2D eigenvalue weighted by Gasteiger charge is -2.07. The van der Waals surface area contributed by atoms with Gasteiger partial charge in [-0.1, -0.05) is 0 Å². The van der Waals surface area contributed by atoms with Crippen molar-refractivity contribution in [1.29, 1.82) is 0 Å². The molecule has 0 aliphatic carbocycles. The van der Waals surface area contributed by atoms with Crippen LogP contribution in [0, 0.1) is 20.2 Å². The van der Waals surface area contributed by atoms with Crippen molar-refractivity contribution < 1.29 is 23.0 Å². The van der Waals surface area contributed by atoms with Crippen molar-refractivity contribution in [2.45, 2.75) is 6.18 Å². The van der Waals surface area contributed by atoms with E-state index in [4.69, 9.17) is 0 Å². The van der Waals surface area contributed by atoms with Crippen LogP contribution in [-0.2, 0) is 6.18 Å². The average molecular weight is 315 g/mol. The molecule has 17 heavy (non-hydrogen) atoms. The second-order valence-corrected chi connectivity index (χ2v) is 3.66. The molecule has 0 aromatic heterocycles. The molecule has 0 aliphatic heterocycles. The Morgan fingerprint density at radius 1 is 1.06 bits per heavy atom. The van der Waals surface area contributed by atoms with E-state index in [1.165, 1.54) is 0 Å². The second-order valence-electron chi connectivity index (χ2n) is 2.80. The standard InChI is InChI=1S/C7H2BrF3N2O4/c8-4-2-1-3(7(9,10)11)5(12(14)15)6(4)13(16)17/h1-2H. The van der Waals surface area contributed by atoms with Gasteiger partial charge in [0, 0.05) is 0 Å². The van der Waals surface area contributed by atoms with Gasteiger partial charge in [0.05, 0.1) is 9.85 Å². The molecule has 0 atom stereocenters. The Balaban J connectivity index is 3.72. The molecule has 0 unspecified atom stereocenters. The topological polar surface area (TPSA) is 86.3 Å². The highest BCUT2D eigenvalue weighted by molar-refractivity contribution is 9.10. The van der Waals surface area contributed by atoms with Gasteiger partial charge in [-0.2, -0.15) is 13.2 Å². The third kappa shape index (κ3) is 2.52. The number of hydrogen-bond donors (Lipinski definition) is 0. The van der Waals surface area contributed by atoms with Crippen LogP contribution in [0.15, 0.2) is 16.6 Å². The van der Waals surface area contributed by atoms with Crippen molar-refractivity contribution in [3.63, 3.8) is 0 Å². The first kappa shape index (κ1) is 13.4. The molecule has 0 radical (unpaired) electrons. The Hall–Kier alpha value is -1.71. The summed E-state index contributed by atoms with van der Waals surface area (Å²) in [6, 6.07) is 1.16. The largest absolute Gasteiger partial charge is 0.423 e. The van der Waals surface area contributed by atoms with E-state index in [0.717, 1.165) is 6.07 Å². The van der Waals surface area contributed by atoms with Crippen LogP contribution in [0.25, 0.3) is 0 Å². The zero-order chi connectivity index (χ0) is 13.4. The normalized spacial score (nSPS) is 11.3. The third-order valence-corrected chi connectivity index (χ3v) is 2.41. The van der Waals surface area contributed by atoms with Crippen LogP contribution in [0.4, 0.5) is 24.5 Å². The number of nitrogens with zero attached hydrogens (tertiary/aromatic N) is 2. The minimum atomic E-state index is -5.03. The van der Waals surface area contributed by atoms with E-state index < -0.39 is 33.0 Å². The van der Waals surface area contributed by atoms with Gasteiger partial charge in [0.25, 0.3) is 0 Å². The number of nitro groups is 2. The van der Waals surface area contributed by atoms with Crippen LogP contribution < -0.4 is 0 Å². The van der Waals surface area contributed by atoms with E-state index in [1.54, 1.807) is 0 Å². The third-order valence-electron chi connectivity index (χ3n) is 1.77. The van der Waals surface area contributed by atoms with Crippen LogP contribution in [0.1, 0.15) is 5.56 Å². The summed E-state index contributed by atoms with van der Waals surface area (Å²) in [7, 11) is 0. The van der Waals surface area contributed by atoms with Crippen molar-refractivity contribution >= 4 is 27.3 Å². The molecule has 0 spiro atoms. The number of nitro benzene ring substituents is 2. The van der Waals surface area contributed by atoms with Crippen molar-refractivity contribution in [3.8, 4) is 0 Å². The van der Waals surface area contributed by atoms with Gasteiger partial charge in [-0.3, -0.25) is 20.2 Å². The first-order valence-electron chi connectivity index (χ1n) is 3.84. The molecule has 1 rings (SSSR count). The smallest absolute Gasteiger partial charge is 0.258 e. The highest BCUT2D eigenvalue weighted by atomic mass is 79.9. The number of halogens is 4. The number of hydrogen-bond acceptors (Lipinski definition) is 4. The Labute approximate surface area is 99.5 Å². The summed E-state index contributed by atoms with van der Waals surface area (Å²) in [5.41, 5.74) is -4.45. The van der Waals surface area contributed by atoms with Gasteiger partial charge in [-0.05, 0) is 28.1 Å². The minimum absolute atomic E-state index is 0.387. The van der Waals surface area contributed by atoms with E-state index in [-0.39, 0.29) is 4.47 Å². The molecule has 0 bridgehead atoms. The molecule has 10 heteroatoms. The van der Waals surface area contributed by atoms with Gasteiger partial charge in [-0.25, -0.2) is 0 Å². The molecule has 0 saturated heterocycles. The Morgan fingerprint density at radius 2 is 1.53 bits per heavy atom. The van der Waals surface area contributed by atoms with Gasteiger partial charge in [0.15, 0.2) is 0 Å². The molecular formula is C7H2BrF3N2O4. The Kier molecular flexibility index (Phi) is 3.36. The first-order chi connectivity index (χ1) is 7.66. The molecule has 0 aliphatic rings. The predicted octanol–water partition coefficient (Wildman–Crippen LogP) is 3.28. The summed E-state index contributed by atoms with van der Waals surface area (Å²) in [4.78, 5) is 18.4. The minimum Gasteiger partial charge on any atom is -0.258 e. The SMILES string of the molecule is O=[N+]([O-])c1c(Br)ccc(C(F)(F)F)c1[N+](=O)[O-]. The van der Waals surface area contributed by atoms with Crippen molar-refractivity contribution in [3.05, 3.63) is 42.4 Å². The molecule has 92 valence electrons. The highest BCUT2D eigenvalue weighted by Gasteiger charge is 2.44. The lowest BCUT2D eigenvalue weighted by atomic mass is 10.1. The molecule has 1 aromatic carbocycles. The summed E-state index contributed by atoms with van der Waals surface area (Å²) in [5.74, 6) is 0. The lowest BCUT2D eigenvalue weighted by Crippen LogP contribution is -2.11. The zero-order valence-electron chi connectivity index (χ0n) is 7.69. The summed E-state index contributed by atoms with van der Waals surface area (Å²) in [6.07, 6.45) is -5.03. The van der Waals surface area contributed by atoms with Crippen molar-refractivity contribution in [2.24, 2.45) is 0 Å². The summed E-state index contributed by atoms with van der Waals surface area (Å²) >= 11 is 2.60. The van der Waals surface area contributed by atoms with Gasteiger partial charge < -0.3 is 0 Å². The maximum atomic E-state index is 12.4. The van der Waals surface area contributed by atoms with E-state index in [0.29, 0.717) is 6.07 Å². The van der Waals surface area contributed by atoms with E-state index in [2.05, 4.69) is 15.9 Å². The van der Waals surface area contributed by atoms with E-state index in [1.807, 2.05) is 0 Å². The number of alkyl halides is 3. The maximum absolute atomic E-state index is 12.4. The maximum Gasteiger partial charge on any atom is 0.423 e. The Morgan fingerprint density at radius 3 is 1.88 bits per heavy atom. The lowest BCUT2D eigenvalue weighted by molar-refractivity contribution is -0.424. The molecule has 0 fully saturated rings. The van der Waals surface area contributed by atoms with Gasteiger partial charge in [-0.15, -0.1) is 0 Å².